The molecule has 0 bridgehead atoms. The molecule has 0 aliphatic heterocycles. The lowest BCUT2D eigenvalue weighted by molar-refractivity contribution is 0.475. The van der Waals surface area contributed by atoms with E-state index in [2.05, 4.69) is 47.0 Å². The minimum Gasteiger partial charge on any atom is -0.508 e. The fraction of sp³-hybridized carbons (Fsp3) is 0.412. The summed E-state index contributed by atoms with van der Waals surface area (Å²) in [6, 6.07) is 9.03. The monoisotopic (exact) mass is 300 g/mol. The number of benzene rings is 1. The van der Waals surface area contributed by atoms with Crippen LogP contribution >= 0.6 is 0 Å². The first-order valence-corrected chi connectivity index (χ1v) is 7.85. The van der Waals surface area contributed by atoms with Gasteiger partial charge in [0, 0.05) is 36.6 Å². The summed E-state index contributed by atoms with van der Waals surface area (Å²) in [5, 5.41) is 12.7. The zero-order valence-electron chi connectivity index (χ0n) is 13.5. The Morgan fingerprint density at radius 1 is 1.09 bits per heavy atom. The molecular formula is C17H24N4O. The molecule has 2 rings (SSSR count). The summed E-state index contributed by atoms with van der Waals surface area (Å²) < 4.78 is 0. The predicted octanol–water partition coefficient (Wildman–Crippen LogP) is 3.72. The van der Waals surface area contributed by atoms with Crippen molar-refractivity contribution < 1.29 is 5.11 Å². The third kappa shape index (κ3) is 4.10. The number of anilines is 3. The number of rotatable bonds is 7. The van der Waals surface area contributed by atoms with Crippen LogP contribution in [-0.2, 0) is 6.42 Å². The molecule has 0 fully saturated rings. The second kappa shape index (κ2) is 7.64. The first kappa shape index (κ1) is 16.1. The number of nitrogens with zero attached hydrogens (tertiary/aromatic N) is 3. The average Bonchev–Trinajstić information content (AvgIpc) is 2.49. The van der Waals surface area contributed by atoms with Crippen molar-refractivity contribution in [3.8, 4) is 5.75 Å². The second-order valence-corrected chi connectivity index (χ2v) is 5.14. The zero-order valence-corrected chi connectivity index (χ0v) is 13.5. The van der Waals surface area contributed by atoms with Crippen molar-refractivity contribution in [2.24, 2.45) is 0 Å². The average molecular weight is 300 g/mol. The van der Waals surface area contributed by atoms with E-state index >= 15 is 0 Å². The Morgan fingerprint density at radius 2 is 1.86 bits per heavy atom. The van der Waals surface area contributed by atoms with Crippen molar-refractivity contribution in [3.05, 3.63) is 36.0 Å². The predicted molar refractivity (Wildman–Crippen MR) is 91.0 cm³/mol. The number of nitrogens with one attached hydrogen (secondary N) is 1. The van der Waals surface area contributed by atoms with Crippen LogP contribution in [-0.4, -0.2) is 28.2 Å². The van der Waals surface area contributed by atoms with Gasteiger partial charge in [0.05, 0.1) is 0 Å². The summed E-state index contributed by atoms with van der Waals surface area (Å²) in [6.07, 6.45) is 1.96. The Balaban J connectivity index is 2.32. The maximum Gasteiger partial charge on any atom is 0.229 e. The van der Waals surface area contributed by atoms with E-state index < -0.39 is 0 Å². The van der Waals surface area contributed by atoms with Gasteiger partial charge in [-0.2, -0.15) is 4.98 Å². The lowest BCUT2D eigenvalue weighted by Gasteiger charge is -2.21. The normalized spacial score (nSPS) is 10.5. The number of aryl methyl sites for hydroxylation is 1. The van der Waals surface area contributed by atoms with Crippen LogP contribution < -0.4 is 10.2 Å². The topological polar surface area (TPSA) is 61.3 Å². The van der Waals surface area contributed by atoms with Gasteiger partial charge in [0.1, 0.15) is 11.6 Å². The maximum atomic E-state index is 9.56. The van der Waals surface area contributed by atoms with E-state index in [1.54, 1.807) is 18.2 Å². The molecule has 0 unspecified atom stereocenters. The van der Waals surface area contributed by atoms with Gasteiger partial charge in [0.2, 0.25) is 5.95 Å². The number of hydrogen-bond donors (Lipinski definition) is 2. The van der Waals surface area contributed by atoms with E-state index in [1.807, 2.05) is 6.07 Å². The number of aromatic hydroxyl groups is 1. The Labute approximate surface area is 132 Å². The lowest BCUT2D eigenvalue weighted by atomic mass is 10.2. The van der Waals surface area contributed by atoms with Gasteiger partial charge in [-0.15, -0.1) is 0 Å². The van der Waals surface area contributed by atoms with Crippen LogP contribution in [0.15, 0.2) is 30.3 Å². The van der Waals surface area contributed by atoms with E-state index in [1.165, 1.54) is 0 Å². The number of hydrogen-bond acceptors (Lipinski definition) is 5. The smallest absolute Gasteiger partial charge is 0.229 e. The number of phenolic OH excluding ortho intramolecular Hbond substituents is 1. The molecule has 0 atom stereocenters. The van der Waals surface area contributed by atoms with Gasteiger partial charge >= 0.3 is 0 Å². The van der Waals surface area contributed by atoms with Gasteiger partial charge < -0.3 is 15.3 Å². The summed E-state index contributed by atoms with van der Waals surface area (Å²) in [5.74, 6) is 1.73. The molecule has 2 N–H and O–H groups in total. The Bertz CT molecular complexity index is 611. The summed E-state index contributed by atoms with van der Waals surface area (Å²) in [5.41, 5.74) is 1.81. The van der Waals surface area contributed by atoms with Crippen molar-refractivity contribution in [3.63, 3.8) is 0 Å². The third-order valence-electron chi connectivity index (χ3n) is 3.46. The highest BCUT2D eigenvalue weighted by atomic mass is 16.3. The Morgan fingerprint density at radius 3 is 2.50 bits per heavy atom. The summed E-state index contributed by atoms with van der Waals surface area (Å²) >= 11 is 0. The molecule has 1 heterocycles. The van der Waals surface area contributed by atoms with Crippen LogP contribution in [0.2, 0.25) is 0 Å². The number of aromatic nitrogens is 2. The molecule has 2 aromatic rings. The molecule has 0 radical (unpaired) electrons. The SMILES string of the molecule is CCCc1cc(N(CC)CC)nc(Nc2cccc(O)c2)n1. The van der Waals surface area contributed by atoms with E-state index in [4.69, 9.17) is 0 Å². The minimum atomic E-state index is 0.221. The van der Waals surface area contributed by atoms with Crippen LogP contribution in [0.25, 0.3) is 0 Å². The van der Waals surface area contributed by atoms with Gasteiger partial charge in [-0.1, -0.05) is 19.4 Å². The lowest BCUT2D eigenvalue weighted by Crippen LogP contribution is -2.23. The first-order chi connectivity index (χ1) is 10.7. The molecule has 1 aromatic heterocycles. The molecule has 0 saturated carbocycles. The van der Waals surface area contributed by atoms with Crippen LogP contribution in [0.5, 0.6) is 5.75 Å². The van der Waals surface area contributed by atoms with Gasteiger partial charge in [0.15, 0.2) is 0 Å². The summed E-state index contributed by atoms with van der Waals surface area (Å²) in [7, 11) is 0. The largest absolute Gasteiger partial charge is 0.508 e. The number of phenols is 1. The van der Waals surface area contributed by atoms with Gasteiger partial charge in [-0.05, 0) is 32.4 Å². The van der Waals surface area contributed by atoms with Gasteiger partial charge in [0.25, 0.3) is 0 Å². The van der Waals surface area contributed by atoms with Crippen molar-refractivity contribution in [2.75, 3.05) is 23.3 Å². The zero-order chi connectivity index (χ0) is 15.9. The van der Waals surface area contributed by atoms with Crippen molar-refractivity contribution in [2.45, 2.75) is 33.6 Å². The molecule has 5 nitrogen and oxygen atoms in total. The molecule has 1 aromatic carbocycles. The molecule has 0 spiro atoms. The first-order valence-electron chi connectivity index (χ1n) is 7.85. The fourth-order valence-electron chi connectivity index (χ4n) is 2.35. The van der Waals surface area contributed by atoms with Crippen LogP contribution in [0, 0.1) is 0 Å². The molecule has 0 aliphatic rings. The standard InChI is InChI=1S/C17H24N4O/c1-4-8-13-12-16(21(5-2)6-3)20-17(18-13)19-14-9-7-10-15(22)11-14/h7,9-12,22H,4-6,8H2,1-3H3,(H,18,19,20). The molecule has 5 heteroatoms. The van der Waals surface area contributed by atoms with E-state index in [0.717, 1.165) is 43.1 Å². The highest BCUT2D eigenvalue weighted by Gasteiger charge is 2.09. The fourth-order valence-corrected chi connectivity index (χ4v) is 2.35. The van der Waals surface area contributed by atoms with Crippen LogP contribution in [0.1, 0.15) is 32.9 Å². The quantitative estimate of drug-likeness (QED) is 0.816. The molecule has 0 aliphatic carbocycles. The van der Waals surface area contributed by atoms with Crippen molar-refractivity contribution >= 4 is 17.5 Å². The van der Waals surface area contributed by atoms with E-state index in [9.17, 15) is 5.11 Å². The second-order valence-electron chi connectivity index (χ2n) is 5.14. The highest BCUT2D eigenvalue weighted by molar-refractivity contribution is 5.57. The van der Waals surface area contributed by atoms with Crippen LogP contribution in [0.4, 0.5) is 17.5 Å². The van der Waals surface area contributed by atoms with Gasteiger partial charge in [-0.25, -0.2) is 4.98 Å². The summed E-state index contributed by atoms with van der Waals surface area (Å²) in [6.45, 7) is 8.19. The van der Waals surface area contributed by atoms with Gasteiger partial charge in [-0.3, -0.25) is 0 Å². The van der Waals surface area contributed by atoms with Crippen molar-refractivity contribution in [1.29, 1.82) is 0 Å². The Kier molecular flexibility index (Phi) is 5.58. The molecule has 0 saturated heterocycles. The van der Waals surface area contributed by atoms with E-state index in [-0.39, 0.29) is 5.75 Å². The van der Waals surface area contributed by atoms with E-state index in [0.29, 0.717) is 5.95 Å². The molecular weight excluding hydrogens is 276 g/mol. The highest BCUT2D eigenvalue weighted by Crippen LogP contribution is 2.21. The Hall–Kier alpha value is -2.30. The van der Waals surface area contributed by atoms with Crippen molar-refractivity contribution in [1.82, 2.24) is 9.97 Å². The summed E-state index contributed by atoms with van der Waals surface area (Å²) in [4.78, 5) is 11.4. The third-order valence-corrected chi connectivity index (χ3v) is 3.46. The molecule has 0 amide bonds. The van der Waals surface area contributed by atoms with Crippen LogP contribution in [0.3, 0.4) is 0 Å². The minimum absolute atomic E-state index is 0.221. The molecule has 118 valence electrons. The maximum absolute atomic E-state index is 9.56. The molecule has 22 heavy (non-hydrogen) atoms.